The van der Waals surface area contributed by atoms with Gasteiger partial charge in [0.2, 0.25) is 16.0 Å². The summed E-state index contributed by atoms with van der Waals surface area (Å²) < 4.78 is 32.2. The van der Waals surface area contributed by atoms with E-state index in [4.69, 9.17) is 4.74 Å². The van der Waals surface area contributed by atoms with Crippen LogP contribution in [0.1, 0.15) is 11.1 Å². The lowest BCUT2D eigenvalue weighted by atomic mass is 9.99. The maximum absolute atomic E-state index is 11.3. The molecule has 1 aliphatic heterocycles. The minimum atomic E-state index is -3.25. The van der Waals surface area contributed by atoms with Crippen LogP contribution in [-0.4, -0.2) is 66.6 Å². The number of ether oxygens (including phenoxy) is 1. The molecule has 0 saturated carbocycles. The van der Waals surface area contributed by atoms with Crippen molar-refractivity contribution >= 4 is 32.7 Å². The van der Waals surface area contributed by atoms with Crippen molar-refractivity contribution in [1.82, 2.24) is 29.4 Å². The summed E-state index contributed by atoms with van der Waals surface area (Å²) in [6, 6.07) is 4.16. The van der Waals surface area contributed by atoms with Gasteiger partial charge in [-0.2, -0.15) is 10.1 Å². The highest BCUT2D eigenvalue weighted by atomic mass is 32.2. The quantitative estimate of drug-likeness (QED) is 0.572. The smallest absolute Gasteiger partial charge is 0.229 e. The van der Waals surface area contributed by atoms with Crippen LogP contribution in [0.25, 0.3) is 11.0 Å². The topological polar surface area (TPSA) is 114 Å². The fourth-order valence-corrected chi connectivity index (χ4v) is 4.00. The van der Waals surface area contributed by atoms with Crippen LogP contribution in [-0.2, 0) is 29.5 Å². The van der Waals surface area contributed by atoms with Gasteiger partial charge >= 0.3 is 0 Å². The molecule has 0 aliphatic carbocycles. The number of benzene rings is 1. The van der Waals surface area contributed by atoms with E-state index in [-0.39, 0.29) is 6.54 Å². The molecule has 1 aromatic carbocycles. The molecule has 3 aromatic rings. The van der Waals surface area contributed by atoms with E-state index in [0.29, 0.717) is 18.1 Å². The van der Waals surface area contributed by atoms with Gasteiger partial charge in [-0.25, -0.2) is 22.8 Å². The number of hydrogen-bond donors (Lipinski definition) is 2. The second-order valence-electron chi connectivity index (χ2n) is 7.44. The van der Waals surface area contributed by atoms with Gasteiger partial charge < -0.3 is 15.0 Å². The molecule has 0 atom stereocenters. The van der Waals surface area contributed by atoms with Crippen molar-refractivity contribution in [2.24, 2.45) is 0 Å². The van der Waals surface area contributed by atoms with Crippen molar-refractivity contribution in [2.75, 3.05) is 38.8 Å². The number of anilines is 2. The van der Waals surface area contributed by atoms with Crippen LogP contribution in [0.2, 0.25) is 0 Å². The molecular weight excluding hydrogens is 406 g/mol. The third-order valence-electron chi connectivity index (χ3n) is 5.04. The largest absolute Gasteiger partial charge is 0.495 e. The summed E-state index contributed by atoms with van der Waals surface area (Å²) in [5, 5.41) is 8.32. The van der Waals surface area contributed by atoms with Crippen molar-refractivity contribution in [3.63, 3.8) is 0 Å². The lowest BCUT2D eigenvalue weighted by Gasteiger charge is -2.26. The maximum atomic E-state index is 11.3. The summed E-state index contributed by atoms with van der Waals surface area (Å²) in [6.07, 6.45) is 5.47. The Kier molecular flexibility index (Phi) is 5.58. The standard InChI is InChI=1S/C19H25N7O3S/c1-25-6-4-13-9-17(29-2)16(8-14(13)12-25)23-19-20-10-15-11-21-26(18(15)24-19)7-5-22-30(3,27)28/h8-11,22H,4-7,12H2,1-3H3,(H,20,23,24). The number of nitrogens with zero attached hydrogens (tertiary/aromatic N) is 5. The fourth-order valence-electron chi connectivity index (χ4n) is 3.54. The van der Waals surface area contributed by atoms with Crippen molar-refractivity contribution in [2.45, 2.75) is 19.5 Å². The second-order valence-corrected chi connectivity index (χ2v) is 9.27. The summed E-state index contributed by atoms with van der Waals surface area (Å²) in [5.74, 6) is 1.16. The molecule has 160 valence electrons. The number of fused-ring (bicyclic) bond motifs is 2. The van der Waals surface area contributed by atoms with Crippen LogP contribution in [0.5, 0.6) is 5.75 Å². The van der Waals surface area contributed by atoms with E-state index >= 15 is 0 Å². The fraction of sp³-hybridized carbons (Fsp3) is 0.421. The predicted molar refractivity (Wildman–Crippen MR) is 114 cm³/mol. The van der Waals surface area contributed by atoms with Crippen LogP contribution < -0.4 is 14.8 Å². The Morgan fingerprint density at radius 1 is 1.23 bits per heavy atom. The Morgan fingerprint density at radius 3 is 2.83 bits per heavy atom. The van der Waals surface area contributed by atoms with E-state index in [2.05, 4.69) is 49.2 Å². The SMILES string of the molecule is COc1cc2c(cc1Nc1ncc3cnn(CCNS(C)(=O)=O)c3n1)CN(C)CC2. The number of sulfonamides is 1. The zero-order valence-corrected chi connectivity index (χ0v) is 18.0. The molecule has 1 aliphatic rings. The van der Waals surface area contributed by atoms with Crippen LogP contribution in [0.4, 0.5) is 11.6 Å². The Labute approximate surface area is 175 Å². The zero-order valence-electron chi connectivity index (χ0n) is 17.2. The van der Waals surface area contributed by atoms with Gasteiger partial charge in [0, 0.05) is 25.8 Å². The first kappa shape index (κ1) is 20.5. The third-order valence-corrected chi connectivity index (χ3v) is 5.76. The summed E-state index contributed by atoms with van der Waals surface area (Å²) in [4.78, 5) is 11.2. The molecule has 2 aromatic heterocycles. The molecular formula is C19H25N7O3S. The average molecular weight is 432 g/mol. The highest BCUT2D eigenvalue weighted by Crippen LogP contribution is 2.33. The van der Waals surface area contributed by atoms with Crippen LogP contribution in [0.3, 0.4) is 0 Å². The second kappa shape index (κ2) is 8.17. The molecule has 0 saturated heterocycles. The normalized spacial score (nSPS) is 14.6. The summed E-state index contributed by atoms with van der Waals surface area (Å²) in [7, 11) is 0.504. The van der Waals surface area contributed by atoms with Gasteiger partial charge in [0.05, 0.1) is 37.2 Å². The highest BCUT2D eigenvalue weighted by molar-refractivity contribution is 7.88. The van der Waals surface area contributed by atoms with Crippen molar-refractivity contribution < 1.29 is 13.2 Å². The summed E-state index contributed by atoms with van der Waals surface area (Å²) in [6.45, 7) is 2.50. The van der Waals surface area contributed by atoms with Gasteiger partial charge in [-0.1, -0.05) is 0 Å². The molecule has 0 amide bonds. The van der Waals surface area contributed by atoms with Gasteiger partial charge in [-0.05, 0) is 36.7 Å². The van der Waals surface area contributed by atoms with E-state index in [9.17, 15) is 8.42 Å². The highest BCUT2D eigenvalue weighted by Gasteiger charge is 2.17. The number of nitrogens with one attached hydrogen (secondary N) is 2. The number of rotatable bonds is 7. The van der Waals surface area contributed by atoms with Crippen molar-refractivity contribution in [3.8, 4) is 5.75 Å². The van der Waals surface area contributed by atoms with Gasteiger partial charge in [-0.15, -0.1) is 0 Å². The Morgan fingerprint density at radius 2 is 2.07 bits per heavy atom. The third kappa shape index (κ3) is 4.53. The maximum Gasteiger partial charge on any atom is 0.229 e. The predicted octanol–water partition coefficient (Wildman–Crippen LogP) is 1.12. The molecule has 4 rings (SSSR count). The van der Waals surface area contributed by atoms with Gasteiger partial charge in [0.15, 0.2) is 5.65 Å². The number of hydrogen-bond acceptors (Lipinski definition) is 8. The first-order valence-corrected chi connectivity index (χ1v) is 11.5. The minimum absolute atomic E-state index is 0.231. The molecule has 2 N–H and O–H groups in total. The Bertz CT molecular complexity index is 1180. The van der Waals surface area contributed by atoms with E-state index in [1.807, 2.05) is 0 Å². The zero-order chi connectivity index (χ0) is 21.3. The van der Waals surface area contributed by atoms with E-state index in [1.54, 1.807) is 24.2 Å². The first-order valence-electron chi connectivity index (χ1n) is 9.61. The Balaban J connectivity index is 1.59. The molecule has 0 fully saturated rings. The molecule has 3 heterocycles. The summed E-state index contributed by atoms with van der Waals surface area (Å²) >= 11 is 0. The summed E-state index contributed by atoms with van der Waals surface area (Å²) in [5.41, 5.74) is 3.98. The molecule has 30 heavy (non-hydrogen) atoms. The monoisotopic (exact) mass is 431 g/mol. The molecule has 0 unspecified atom stereocenters. The molecule has 0 bridgehead atoms. The van der Waals surface area contributed by atoms with E-state index < -0.39 is 10.0 Å². The number of aromatic nitrogens is 4. The van der Waals surface area contributed by atoms with Crippen molar-refractivity contribution in [3.05, 3.63) is 35.7 Å². The van der Waals surface area contributed by atoms with E-state index in [1.165, 1.54) is 11.1 Å². The van der Waals surface area contributed by atoms with E-state index in [0.717, 1.165) is 42.6 Å². The number of likely N-dealkylation sites (N-methyl/N-ethyl adjacent to an activating group) is 1. The number of methoxy groups -OCH3 is 1. The molecule has 0 spiro atoms. The first-order chi connectivity index (χ1) is 14.3. The molecule has 0 radical (unpaired) electrons. The van der Waals surface area contributed by atoms with Gasteiger partial charge in [-0.3, -0.25) is 0 Å². The van der Waals surface area contributed by atoms with Crippen LogP contribution in [0, 0.1) is 0 Å². The minimum Gasteiger partial charge on any atom is -0.495 e. The van der Waals surface area contributed by atoms with Gasteiger partial charge in [0.25, 0.3) is 0 Å². The lowest BCUT2D eigenvalue weighted by molar-refractivity contribution is 0.312. The van der Waals surface area contributed by atoms with Crippen LogP contribution in [0.15, 0.2) is 24.5 Å². The van der Waals surface area contributed by atoms with Crippen LogP contribution >= 0.6 is 0 Å². The Hall–Kier alpha value is -2.76. The lowest BCUT2D eigenvalue weighted by Crippen LogP contribution is -2.26. The molecule has 11 heteroatoms. The van der Waals surface area contributed by atoms with Crippen molar-refractivity contribution in [1.29, 1.82) is 0 Å². The molecule has 10 nitrogen and oxygen atoms in total. The van der Waals surface area contributed by atoms with Gasteiger partial charge in [0.1, 0.15) is 5.75 Å². The average Bonchev–Trinajstić information content (AvgIpc) is 3.09.